The fourth-order valence-corrected chi connectivity index (χ4v) is 5.38. The predicted molar refractivity (Wildman–Crippen MR) is 152 cm³/mol. The first-order valence-corrected chi connectivity index (χ1v) is 13.7. The van der Waals surface area contributed by atoms with Gasteiger partial charge in [-0.05, 0) is 11.5 Å². The number of piperazine rings is 1. The Bertz CT molecular complexity index is 1670. The standard InChI is InChI=1S/C30H29F3N6O3/c1-41-30-35-28-21(18-34-27(26(28)33)20-5-2-4-19-7-8-22(31)25(32)24(19)20)29(36-30)39-12-10-38(11-13-39)23(40)6-3-9-37-14-16-42-17-15-37/h2-8,18H,9-17H2,1H3/b6-3+. The third-order valence-corrected chi connectivity index (χ3v) is 7.63. The highest BCUT2D eigenvalue weighted by Crippen LogP contribution is 2.36. The number of methoxy groups -OCH3 is 1. The quantitative estimate of drug-likeness (QED) is 0.320. The fourth-order valence-electron chi connectivity index (χ4n) is 5.38. The molecule has 0 atom stereocenters. The molecule has 2 saturated heterocycles. The topological polar surface area (TPSA) is 83.9 Å². The van der Waals surface area contributed by atoms with Gasteiger partial charge in [0.05, 0.1) is 25.7 Å². The van der Waals surface area contributed by atoms with E-state index < -0.39 is 17.5 Å². The van der Waals surface area contributed by atoms with Crippen LogP contribution in [0.5, 0.6) is 6.01 Å². The largest absolute Gasteiger partial charge is 0.467 e. The van der Waals surface area contributed by atoms with Crippen molar-refractivity contribution in [3.8, 4) is 17.3 Å². The van der Waals surface area contributed by atoms with E-state index in [1.165, 1.54) is 25.4 Å². The van der Waals surface area contributed by atoms with Gasteiger partial charge in [0.1, 0.15) is 17.0 Å². The number of benzene rings is 2. The highest BCUT2D eigenvalue weighted by molar-refractivity contribution is 5.99. The molecule has 4 aromatic rings. The Hall–Kier alpha value is -4.29. The van der Waals surface area contributed by atoms with E-state index in [1.807, 2.05) is 11.0 Å². The van der Waals surface area contributed by atoms with E-state index in [4.69, 9.17) is 9.47 Å². The van der Waals surface area contributed by atoms with Crippen LogP contribution in [0.1, 0.15) is 0 Å². The molecule has 2 aromatic heterocycles. The molecule has 2 fully saturated rings. The zero-order valence-electron chi connectivity index (χ0n) is 23.0. The monoisotopic (exact) mass is 578 g/mol. The molecule has 6 rings (SSSR count). The van der Waals surface area contributed by atoms with Crippen molar-refractivity contribution in [2.45, 2.75) is 0 Å². The highest BCUT2D eigenvalue weighted by atomic mass is 19.2. The van der Waals surface area contributed by atoms with E-state index in [0.717, 1.165) is 19.2 Å². The maximum atomic E-state index is 16.1. The van der Waals surface area contributed by atoms with E-state index >= 15 is 4.39 Å². The first-order valence-electron chi connectivity index (χ1n) is 13.7. The molecule has 0 aliphatic carbocycles. The van der Waals surface area contributed by atoms with Crippen molar-refractivity contribution in [3.63, 3.8) is 0 Å². The molecule has 12 heteroatoms. The number of ether oxygens (including phenoxy) is 2. The summed E-state index contributed by atoms with van der Waals surface area (Å²) in [7, 11) is 1.38. The lowest BCUT2D eigenvalue weighted by molar-refractivity contribution is -0.126. The molecule has 9 nitrogen and oxygen atoms in total. The van der Waals surface area contributed by atoms with Crippen molar-refractivity contribution in [2.24, 2.45) is 0 Å². The van der Waals surface area contributed by atoms with E-state index in [-0.39, 0.29) is 34.1 Å². The van der Waals surface area contributed by atoms with Crippen LogP contribution in [0.2, 0.25) is 0 Å². The number of aromatic nitrogens is 3. The maximum absolute atomic E-state index is 16.1. The number of hydrogen-bond donors (Lipinski definition) is 0. The average molecular weight is 579 g/mol. The van der Waals surface area contributed by atoms with Gasteiger partial charge in [0.2, 0.25) is 5.91 Å². The summed E-state index contributed by atoms with van der Waals surface area (Å²) >= 11 is 0. The summed E-state index contributed by atoms with van der Waals surface area (Å²) in [6.45, 7) is 5.60. The molecule has 0 radical (unpaired) electrons. The second-order valence-electron chi connectivity index (χ2n) is 10.1. The normalized spacial score (nSPS) is 16.6. The lowest BCUT2D eigenvalue weighted by Gasteiger charge is -2.35. The van der Waals surface area contributed by atoms with Crippen molar-refractivity contribution in [1.29, 1.82) is 0 Å². The van der Waals surface area contributed by atoms with Gasteiger partial charge in [-0.1, -0.05) is 30.3 Å². The van der Waals surface area contributed by atoms with E-state index in [2.05, 4.69) is 19.9 Å². The van der Waals surface area contributed by atoms with Gasteiger partial charge in [-0.3, -0.25) is 14.7 Å². The van der Waals surface area contributed by atoms with Crippen LogP contribution in [0, 0.1) is 17.5 Å². The summed E-state index contributed by atoms with van der Waals surface area (Å²) in [5.41, 5.74) is -0.111. The number of amides is 1. The Labute approximate surface area is 240 Å². The van der Waals surface area contributed by atoms with Gasteiger partial charge in [-0.25, -0.2) is 13.2 Å². The van der Waals surface area contributed by atoms with Crippen LogP contribution in [0.25, 0.3) is 32.9 Å². The Morgan fingerprint density at radius 1 is 1.00 bits per heavy atom. The summed E-state index contributed by atoms with van der Waals surface area (Å²) in [6, 6.07) is 7.16. The summed E-state index contributed by atoms with van der Waals surface area (Å²) in [5, 5.41) is 0.690. The number of hydrogen-bond acceptors (Lipinski definition) is 8. The first kappa shape index (κ1) is 27.9. The van der Waals surface area contributed by atoms with Gasteiger partial charge in [-0.2, -0.15) is 9.97 Å². The van der Waals surface area contributed by atoms with Crippen LogP contribution >= 0.6 is 0 Å². The molecule has 0 unspecified atom stereocenters. The van der Waals surface area contributed by atoms with E-state index in [1.54, 1.807) is 23.1 Å². The van der Waals surface area contributed by atoms with Gasteiger partial charge in [0.25, 0.3) is 0 Å². The van der Waals surface area contributed by atoms with Crippen molar-refractivity contribution in [1.82, 2.24) is 24.8 Å². The summed E-state index contributed by atoms with van der Waals surface area (Å²) in [6.07, 6.45) is 4.92. The Kier molecular flexibility index (Phi) is 7.90. The van der Waals surface area contributed by atoms with Gasteiger partial charge in [-0.15, -0.1) is 0 Å². The number of fused-ring (bicyclic) bond motifs is 2. The lowest BCUT2D eigenvalue weighted by Crippen LogP contribution is -2.48. The second kappa shape index (κ2) is 11.9. The molecule has 0 spiro atoms. The number of anilines is 1. The number of rotatable bonds is 6. The molecule has 218 valence electrons. The molecular formula is C30H29F3N6O3. The van der Waals surface area contributed by atoms with E-state index in [0.29, 0.717) is 62.5 Å². The number of nitrogens with zero attached hydrogens (tertiary/aromatic N) is 6. The van der Waals surface area contributed by atoms with Crippen LogP contribution in [-0.2, 0) is 9.53 Å². The third kappa shape index (κ3) is 5.35. The molecule has 4 heterocycles. The minimum atomic E-state index is -1.08. The van der Waals surface area contributed by atoms with Crippen LogP contribution in [-0.4, -0.2) is 96.8 Å². The lowest BCUT2D eigenvalue weighted by atomic mass is 10.00. The Balaban J connectivity index is 1.26. The fraction of sp³-hybridized carbons (Fsp3) is 0.333. The summed E-state index contributed by atoms with van der Waals surface area (Å²) < 4.78 is 55.7. The van der Waals surface area contributed by atoms with Crippen molar-refractivity contribution >= 4 is 33.4 Å². The minimum absolute atomic E-state index is 0.0479. The Morgan fingerprint density at radius 3 is 2.55 bits per heavy atom. The zero-order chi connectivity index (χ0) is 29.2. The van der Waals surface area contributed by atoms with Crippen molar-refractivity contribution in [3.05, 3.63) is 66.1 Å². The van der Waals surface area contributed by atoms with Crippen LogP contribution in [0.3, 0.4) is 0 Å². The smallest absolute Gasteiger partial charge is 0.318 e. The molecule has 2 aromatic carbocycles. The number of carbonyl (C=O) groups is 1. The van der Waals surface area contributed by atoms with Crippen LogP contribution in [0.4, 0.5) is 19.0 Å². The number of carbonyl (C=O) groups excluding carboxylic acids is 1. The molecule has 0 bridgehead atoms. The molecule has 2 aliphatic heterocycles. The third-order valence-electron chi connectivity index (χ3n) is 7.63. The van der Waals surface area contributed by atoms with E-state index in [9.17, 15) is 13.6 Å². The van der Waals surface area contributed by atoms with Gasteiger partial charge < -0.3 is 19.3 Å². The molecule has 42 heavy (non-hydrogen) atoms. The van der Waals surface area contributed by atoms with Gasteiger partial charge in [0.15, 0.2) is 17.5 Å². The molecule has 0 N–H and O–H groups in total. The molecular weight excluding hydrogens is 549 g/mol. The summed E-state index contributed by atoms with van der Waals surface area (Å²) in [4.78, 5) is 31.7. The molecule has 2 aliphatic rings. The van der Waals surface area contributed by atoms with Crippen LogP contribution in [0.15, 0.2) is 48.7 Å². The van der Waals surface area contributed by atoms with Gasteiger partial charge >= 0.3 is 6.01 Å². The second-order valence-corrected chi connectivity index (χ2v) is 10.1. The van der Waals surface area contributed by atoms with Crippen LogP contribution < -0.4 is 9.64 Å². The zero-order valence-corrected chi connectivity index (χ0v) is 23.0. The number of pyridine rings is 1. The molecule has 1 amide bonds. The first-order chi connectivity index (χ1) is 20.4. The minimum Gasteiger partial charge on any atom is -0.467 e. The SMILES string of the molecule is COc1nc(N2CCN(C(=O)/C=C/CN3CCOCC3)CC2)c2cnc(-c3cccc4ccc(F)c(F)c34)c(F)c2n1. The molecule has 0 saturated carbocycles. The average Bonchev–Trinajstić information content (AvgIpc) is 3.03. The number of halogens is 3. The number of morpholine rings is 1. The summed E-state index contributed by atoms with van der Waals surface area (Å²) in [5.74, 6) is -2.56. The highest BCUT2D eigenvalue weighted by Gasteiger charge is 2.26. The Morgan fingerprint density at radius 2 is 1.79 bits per heavy atom. The van der Waals surface area contributed by atoms with Gasteiger partial charge in [0, 0.05) is 69.0 Å². The maximum Gasteiger partial charge on any atom is 0.318 e. The van der Waals surface area contributed by atoms with Crippen molar-refractivity contribution < 1.29 is 27.4 Å². The predicted octanol–water partition coefficient (Wildman–Crippen LogP) is 3.81. The van der Waals surface area contributed by atoms with Crippen molar-refractivity contribution in [2.75, 3.05) is 71.0 Å².